The van der Waals surface area contributed by atoms with Gasteiger partial charge in [0.25, 0.3) is 0 Å². The number of fused-ring (bicyclic) bond motifs is 1. The molecule has 1 N–H and O–H groups in total. The van der Waals surface area contributed by atoms with E-state index in [1.165, 1.54) is 18.6 Å². The zero-order valence-corrected chi connectivity index (χ0v) is 12.3. The van der Waals surface area contributed by atoms with Gasteiger partial charge in [0.15, 0.2) is 0 Å². The number of amides is 1. The number of thioether (sulfide) groups is 1. The van der Waals surface area contributed by atoms with E-state index in [1.54, 1.807) is 0 Å². The second kappa shape index (κ2) is 4.71. The summed E-state index contributed by atoms with van der Waals surface area (Å²) in [7, 11) is 0. The highest BCUT2D eigenvalue weighted by molar-refractivity contribution is 8.00. The van der Waals surface area contributed by atoms with Crippen LogP contribution >= 0.6 is 11.8 Å². The van der Waals surface area contributed by atoms with Crippen LogP contribution in [0.25, 0.3) is 0 Å². The van der Waals surface area contributed by atoms with Crippen LogP contribution in [-0.4, -0.2) is 47.0 Å². The van der Waals surface area contributed by atoms with Gasteiger partial charge in [0.05, 0.1) is 5.25 Å². The average molecular weight is 268 g/mol. The Morgan fingerprint density at radius 2 is 2.17 bits per heavy atom. The molecule has 3 rings (SSSR count). The van der Waals surface area contributed by atoms with E-state index in [0.29, 0.717) is 17.7 Å². The number of hydrogen-bond acceptors (Lipinski definition) is 3. The third kappa shape index (κ3) is 1.97. The molecule has 3 unspecified atom stereocenters. The minimum absolute atomic E-state index is 0.0449. The maximum absolute atomic E-state index is 12.7. The van der Waals surface area contributed by atoms with Crippen molar-refractivity contribution in [1.82, 2.24) is 10.2 Å². The van der Waals surface area contributed by atoms with Crippen molar-refractivity contribution in [3.63, 3.8) is 0 Å². The molecule has 0 aromatic heterocycles. The van der Waals surface area contributed by atoms with Gasteiger partial charge in [0.1, 0.15) is 0 Å². The molecule has 0 radical (unpaired) electrons. The largest absolute Gasteiger partial charge is 0.336 e. The van der Waals surface area contributed by atoms with Gasteiger partial charge in [0, 0.05) is 25.2 Å². The van der Waals surface area contributed by atoms with Crippen molar-refractivity contribution in [2.24, 2.45) is 11.8 Å². The normalized spacial score (nSPS) is 38.8. The summed E-state index contributed by atoms with van der Waals surface area (Å²) in [5.74, 6) is 2.91. The van der Waals surface area contributed by atoms with E-state index < -0.39 is 0 Å². The Bertz CT molecular complexity index is 339. The highest BCUT2D eigenvalue weighted by Gasteiger charge is 2.52. The first-order valence-electron chi connectivity index (χ1n) is 7.24. The molecule has 3 saturated heterocycles. The van der Waals surface area contributed by atoms with Crippen LogP contribution in [0.15, 0.2) is 0 Å². The summed E-state index contributed by atoms with van der Waals surface area (Å²) in [6.07, 6.45) is 3.60. The molecule has 0 aliphatic carbocycles. The molecule has 4 heteroatoms. The van der Waals surface area contributed by atoms with E-state index in [-0.39, 0.29) is 10.8 Å². The topological polar surface area (TPSA) is 32.3 Å². The molecule has 18 heavy (non-hydrogen) atoms. The van der Waals surface area contributed by atoms with E-state index in [1.807, 2.05) is 11.8 Å². The lowest BCUT2D eigenvalue weighted by Crippen LogP contribution is -2.50. The van der Waals surface area contributed by atoms with Gasteiger partial charge in [-0.15, -0.1) is 11.8 Å². The van der Waals surface area contributed by atoms with Gasteiger partial charge in [-0.3, -0.25) is 4.79 Å². The molecule has 3 fully saturated rings. The van der Waals surface area contributed by atoms with Crippen molar-refractivity contribution in [3.05, 3.63) is 0 Å². The molecule has 3 nitrogen and oxygen atoms in total. The Morgan fingerprint density at radius 1 is 1.33 bits per heavy atom. The van der Waals surface area contributed by atoms with Crippen molar-refractivity contribution in [3.8, 4) is 0 Å². The van der Waals surface area contributed by atoms with Gasteiger partial charge < -0.3 is 10.2 Å². The number of hydrogen-bond donors (Lipinski definition) is 1. The van der Waals surface area contributed by atoms with Crippen molar-refractivity contribution >= 4 is 17.7 Å². The van der Waals surface area contributed by atoms with Crippen molar-refractivity contribution < 1.29 is 4.79 Å². The summed E-state index contributed by atoms with van der Waals surface area (Å²) >= 11 is 1.88. The minimum atomic E-state index is 0.0449. The minimum Gasteiger partial charge on any atom is -0.336 e. The van der Waals surface area contributed by atoms with Crippen molar-refractivity contribution in [2.45, 2.75) is 43.9 Å². The van der Waals surface area contributed by atoms with Gasteiger partial charge in [0.2, 0.25) is 5.91 Å². The van der Waals surface area contributed by atoms with Crippen LogP contribution in [0.4, 0.5) is 0 Å². The van der Waals surface area contributed by atoms with Gasteiger partial charge in [-0.2, -0.15) is 0 Å². The zero-order valence-electron chi connectivity index (χ0n) is 11.4. The first-order valence-corrected chi connectivity index (χ1v) is 8.29. The molecule has 1 amide bonds. The smallest absolute Gasteiger partial charge is 0.236 e. The predicted octanol–water partition coefficient (Wildman–Crippen LogP) is 1.73. The molecule has 102 valence electrons. The SMILES string of the molecule is CC1(C)C2CNCC2CN1C(=O)C1CCCCS1. The zero-order chi connectivity index (χ0) is 12.8. The molecule has 3 heterocycles. The van der Waals surface area contributed by atoms with E-state index in [0.717, 1.165) is 26.1 Å². The number of nitrogens with one attached hydrogen (secondary N) is 1. The van der Waals surface area contributed by atoms with E-state index in [4.69, 9.17) is 0 Å². The number of carbonyl (C=O) groups is 1. The maximum Gasteiger partial charge on any atom is 0.236 e. The van der Waals surface area contributed by atoms with Crippen molar-refractivity contribution in [1.29, 1.82) is 0 Å². The van der Waals surface area contributed by atoms with Crippen LogP contribution < -0.4 is 5.32 Å². The lowest BCUT2D eigenvalue weighted by atomic mass is 9.85. The maximum atomic E-state index is 12.7. The molecule has 3 aliphatic heterocycles. The standard InChI is InChI=1S/C14H24N2OS/c1-14(2)11-8-15-7-10(11)9-16(14)13(17)12-5-3-4-6-18-12/h10-12,15H,3-9H2,1-2H3. The third-order valence-electron chi connectivity index (χ3n) is 5.08. The first kappa shape index (κ1) is 12.8. The molecule has 0 saturated carbocycles. The Hall–Kier alpha value is -0.220. The summed E-state index contributed by atoms with van der Waals surface area (Å²) in [6, 6.07) is 0. The van der Waals surface area contributed by atoms with Gasteiger partial charge in [-0.1, -0.05) is 6.42 Å². The fourth-order valence-electron chi connectivity index (χ4n) is 3.90. The second-order valence-corrected chi connectivity index (χ2v) is 7.79. The van der Waals surface area contributed by atoms with Gasteiger partial charge >= 0.3 is 0 Å². The Balaban J connectivity index is 1.74. The fraction of sp³-hybridized carbons (Fsp3) is 0.929. The monoisotopic (exact) mass is 268 g/mol. The Labute approximate surface area is 114 Å². The number of carbonyl (C=O) groups excluding carboxylic acids is 1. The molecular formula is C14H24N2OS. The second-order valence-electron chi connectivity index (χ2n) is 6.48. The van der Waals surface area contributed by atoms with Crippen LogP contribution in [0.2, 0.25) is 0 Å². The highest BCUT2D eigenvalue weighted by atomic mass is 32.2. The van der Waals surface area contributed by atoms with Gasteiger partial charge in [-0.25, -0.2) is 0 Å². The highest BCUT2D eigenvalue weighted by Crippen LogP contribution is 2.42. The van der Waals surface area contributed by atoms with E-state index in [2.05, 4.69) is 24.1 Å². The van der Waals surface area contributed by atoms with Crippen LogP contribution in [0.3, 0.4) is 0 Å². The predicted molar refractivity (Wildman–Crippen MR) is 75.7 cm³/mol. The summed E-state index contributed by atoms with van der Waals surface area (Å²) in [6.45, 7) is 7.67. The lowest BCUT2D eigenvalue weighted by molar-refractivity contribution is -0.134. The third-order valence-corrected chi connectivity index (χ3v) is 6.45. The Kier molecular flexibility index (Phi) is 3.35. The molecule has 3 atom stereocenters. The first-order chi connectivity index (χ1) is 8.60. The molecular weight excluding hydrogens is 244 g/mol. The molecule has 0 spiro atoms. The average Bonchev–Trinajstić information content (AvgIpc) is 2.92. The van der Waals surface area contributed by atoms with Crippen molar-refractivity contribution in [2.75, 3.05) is 25.4 Å². The summed E-state index contributed by atoms with van der Waals surface area (Å²) in [5, 5.41) is 3.72. The summed E-state index contributed by atoms with van der Waals surface area (Å²) in [5.41, 5.74) is 0.0449. The number of likely N-dealkylation sites (tertiary alicyclic amines) is 1. The van der Waals surface area contributed by atoms with Crippen LogP contribution in [0.1, 0.15) is 33.1 Å². The quantitative estimate of drug-likeness (QED) is 0.786. The molecule has 0 aromatic carbocycles. The summed E-state index contributed by atoms with van der Waals surface area (Å²) < 4.78 is 0. The van der Waals surface area contributed by atoms with E-state index in [9.17, 15) is 4.79 Å². The van der Waals surface area contributed by atoms with E-state index >= 15 is 0 Å². The number of rotatable bonds is 1. The number of nitrogens with zero attached hydrogens (tertiary/aromatic N) is 1. The fourth-order valence-corrected chi connectivity index (χ4v) is 5.16. The summed E-state index contributed by atoms with van der Waals surface area (Å²) in [4.78, 5) is 14.9. The molecule has 0 aromatic rings. The van der Waals surface area contributed by atoms with Crippen LogP contribution in [0.5, 0.6) is 0 Å². The van der Waals surface area contributed by atoms with Crippen LogP contribution in [-0.2, 0) is 4.79 Å². The lowest BCUT2D eigenvalue weighted by Gasteiger charge is -2.38. The van der Waals surface area contributed by atoms with Gasteiger partial charge in [-0.05, 0) is 44.3 Å². The molecule has 0 bridgehead atoms. The Morgan fingerprint density at radius 3 is 2.83 bits per heavy atom. The van der Waals surface area contributed by atoms with Crippen LogP contribution in [0, 0.1) is 11.8 Å². The molecule has 3 aliphatic rings.